The van der Waals surface area contributed by atoms with Crippen molar-refractivity contribution in [3.05, 3.63) is 79.8 Å². The zero-order chi connectivity index (χ0) is 23.0. The molecule has 7 heteroatoms. The van der Waals surface area contributed by atoms with Gasteiger partial charge in [-0.25, -0.2) is 0 Å². The number of rotatable bonds is 8. The van der Waals surface area contributed by atoms with E-state index in [0.29, 0.717) is 13.2 Å². The van der Waals surface area contributed by atoms with Crippen LogP contribution >= 0.6 is 38.5 Å². The zero-order valence-corrected chi connectivity index (χ0v) is 22.2. The van der Waals surface area contributed by atoms with Gasteiger partial charge in [-0.2, -0.15) is 0 Å². The summed E-state index contributed by atoms with van der Waals surface area (Å²) in [5.41, 5.74) is 4.19. The van der Waals surface area contributed by atoms with Crippen molar-refractivity contribution in [2.75, 3.05) is 37.8 Å². The third kappa shape index (κ3) is 6.71. The molecule has 172 valence electrons. The summed E-state index contributed by atoms with van der Waals surface area (Å²) in [7, 11) is 0. The van der Waals surface area contributed by atoms with Crippen LogP contribution in [0.4, 0.5) is 11.4 Å². The van der Waals surface area contributed by atoms with E-state index >= 15 is 0 Å². The first-order valence-electron chi connectivity index (χ1n) is 10.9. The molecule has 0 N–H and O–H groups in total. The highest BCUT2D eigenvalue weighted by atomic mass is 127. The van der Waals surface area contributed by atoms with E-state index in [4.69, 9.17) is 14.2 Å². The first kappa shape index (κ1) is 24.0. The van der Waals surface area contributed by atoms with Crippen molar-refractivity contribution in [3.63, 3.8) is 0 Å². The van der Waals surface area contributed by atoms with Crippen molar-refractivity contribution < 1.29 is 14.2 Å². The van der Waals surface area contributed by atoms with Gasteiger partial charge in [0.15, 0.2) is 11.5 Å². The lowest BCUT2D eigenvalue weighted by atomic mass is 10.2. The molecule has 0 aliphatic carbocycles. The van der Waals surface area contributed by atoms with Gasteiger partial charge in [0.05, 0.1) is 29.1 Å². The number of hydrogen-bond donors (Lipinski definition) is 0. The van der Waals surface area contributed by atoms with E-state index in [0.717, 1.165) is 62.7 Å². The Balaban J connectivity index is 1.47. The van der Waals surface area contributed by atoms with Gasteiger partial charge in [-0.15, -0.1) is 0 Å². The third-order valence-corrected chi connectivity index (χ3v) is 6.55. The lowest BCUT2D eigenvalue weighted by Crippen LogP contribution is -2.36. The number of ether oxygens (including phenoxy) is 3. The molecule has 1 saturated heterocycles. The summed E-state index contributed by atoms with van der Waals surface area (Å²) in [6, 6.07) is 20.5. The van der Waals surface area contributed by atoms with E-state index in [1.807, 2.05) is 55.6 Å². The molecule has 33 heavy (non-hydrogen) atoms. The molecular formula is C26H26BrIN2O3. The molecule has 0 bridgehead atoms. The minimum absolute atomic E-state index is 0.478. The Morgan fingerprint density at radius 3 is 2.45 bits per heavy atom. The predicted octanol–water partition coefficient (Wildman–Crippen LogP) is 6.62. The van der Waals surface area contributed by atoms with Crippen molar-refractivity contribution in [2.45, 2.75) is 13.5 Å². The van der Waals surface area contributed by atoms with Gasteiger partial charge in [-0.1, -0.05) is 28.1 Å². The van der Waals surface area contributed by atoms with E-state index in [1.165, 1.54) is 5.69 Å². The minimum atomic E-state index is 0.478. The van der Waals surface area contributed by atoms with E-state index in [1.54, 1.807) is 0 Å². The SMILES string of the molecule is CCOc1cc(C=Nc2ccc(N3CCOCC3)cc2)cc(I)c1OCc1ccc(Br)cc1. The Kier molecular flexibility index (Phi) is 8.63. The van der Waals surface area contributed by atoms with Gasteiger partial charge in [0, 0.05) is 29.5 Å². The largest absolute Gasteiger partial charge is 0.490 e. The maximum atomic E-state index is 6.13. The van der Waals surface area contributed by atoms with Crippen LogP contribution in [0.2, 0.25) is 0 Å². The number of nitrogens with zero attached hydrogens (tertiary/aromatic N) is 2. The second kappa shape index (κ2) is 11.9. The number of halogens is 2. The Bertz CT molecular complexity index is 1080. The molecule has 0 radical (unpaired) electrons. The summed E-state index contributed by atoms with van der Waals surface area (Å²) in [6.07, 6.45) is 1.87. The highest BCUT2D eigenvalue weighted by Gasteiger charge is 2.13. The molecule has 3 aromatic carbocycles. The van der Waals surface area contributed by atoms with Gasteiger partial charge < -0.3 is 19.1 Å². The first-order valence-corrected chi connectivity index (χ1v) is 12.8. The molecule has 1 aliphatic heterocycles. The maximum absolute atomic E-state index is 6.13. The van der Waals surface area contributed by atoms with Crippen molar-refractivity contribution >= 4 is 56.1 Å². The molecule has 0 spiro atoms. The average molecular weight is 621 g/mol. The van der Waals surface area contributed by atoms with Crippen LogP contribution in [-0.2, 0) is 11.3 Å². The van der Waals surface area contributed by atoms with Crippen LogP contribution in [0.25, 0.3) is 0 Å². The lowest BCUT2D eigenvalue weighted by Gasteiger charge is -2.28. The number of morpholine rings is 1. The molecule has 0 atom stereocenters. The van der Waals surface area contributed by atoms with Crippen LogP contribution in [0.1, 0.15) is 18.1 Å². The highest BCUT2D eigenvalue weighted by Crippen LogP contribution is 2.35. The fourth-order valence-corrected chi connectivity index (χ4v) is 4.57. The van der Waals surface area contributed by atoms with E-state index in [2.05, 4.69) is 66.6 Å². The summed E-state index contributed by atoms with van der Waals surface area (Å²) in [5, 5.41) is 0. The molecule has 5 nitrogen and oxygen atoms in total. The molecule has 0 aromatic heterocycles. The monoisotopic (exact) mass is 620 g/mol. The smallest absolute Gasteiger partial charge is 0.175 e. The van der Waals surface area contributed by atoms with Crippen LogP contribution in [0.3, 0.4) is 0 Å². The van der Waals surface area contributed by atoms with Gasteiger partial charge in [0.1, 0.15) is 6.61 Å². The van der Waals surface area contributed by atoms with Crippen LogP contribution in [-0.4, -0.2) is 39.1 Å². The van der Waals surface area contributed by atoms with Crippen LogP contribution < -0.4 is 14.4 Å². The summed E-state index contributed by atoms with van der Waals surface area (Å²) in [5.74, 6) is 1.48. The lowest BCUT2D eigenvalue weighted by molar-refractivity contribution is 0.122. The molecular weight excluding hydrogens is 595 g/mol. The van der Waals surface area contributed by atoms with Gasteiger partial charge in [-0.05, 0) is 89.2 Å². The highest BCUT2D eigenvalue weighted by molar-refractivity contribution is 14.1. The van der Waals surface area contributed by atoms with Crippen molar-refractivity contribution in [1.29, 1.82) is 0 Å². The van der Waals surface area contributed by atoms with E-state index in [9.17, 15) is 0 Å². The summed E-state index contributed by atoms with van der Waals surface area (Å²) in [6.45, 7) is 6.44. The van der Waals surface area contributed by atoms with Crippen LogP contribution in [0, 0.1) is 3.57 Å². The van der Waals surface area contributed by atoms with Crippen molar-refractivity contribution in [3.8, 4) is 11.5 Å². The summed E-state index contributed by atoms with van der Waals surface area (Å²) >= 11 is 5.76. The molecule has 4 rings (SSSR count). The molecule has 1 heterocycles. The van der Waals surface area contributed by atoms with Gasteiger partial charge >= 0.3 is 0 Å². The number of anilines is 1. The average Bonchev–Trinajstić information content (AvgIpc) is 2.84. The van der Waals surface area contributed by atoms with Crippen molar-refractivity contribution in [2.24, 2.45) is 4.99 Å². The molecule has 0 amide bonds. The normalized spacial score (nSPS) is 14.0. The Hall–Kier alpha value is -2.10. The standard InChI is InChI=1S/C26H26BrIN2O3/c1-2-32-25-16-20(15-24(28)26(25)33-18-19-3-5-21(27)6-4-19)17-29-22-7-9-23(10-8-22)30-11-13-31-14-12-30/h3-10,15-17H,2,11-14,18H2,1H3. The first-order chi connectivity index (χ1) is 16.1. The molecule has 0 unspecified atom stereocenters. The number of hydrogen-bond acceptors (Lipinski definition) is 5. The van der Waals surface area contributed by atoms with Crippen molar-refractivity contribution in [1.82, 2.24) is 0 Å². The second-order valence-corrected chi connectivity index (χ2v) is 9.63. The zero-order valence-electron chi connectivity index (χ0n) is 18.5. The van der Waals surface area contributed by atoms with Gasteiger partial charge in [0.2, 0.25) is 0 Å². The molecule has 1 fully saturated rings. The Labute approximate surface area is 217 Å². The fourth-order valence-electron chi connectivity index (χ4n) is 3.52. The van der Waals surface area contributed by atoms with Crippen LogP contribution in [0.5, 0.6) is 11.5 Å². The summed E-state index contributed by atoms with van der Waals surface area (Å²) < 4.78 is 19.5. The number of aliphatic imine (C=N–C) groups is 1. The number of benzene rings is 3. The second-order valence-electron chi connectivity index (χ2n) is 7.55. The van der Waals surface area contributed by atoms with E-state index < -0.39 is 0 Å². The minimum Gasteiger partial charge on any atom is -0.490 e. The Morgan fingerprint density at radius 1 is 1.03 bits per heavy atom. The summed E-state index contributed by atoms with van der Waals surface area (Å²) in [4.78, 5) is 7.00. The fraction of sp³-hybridized carbons (Fsp3) is 0.269. The molecule has 3 aromatic rings. The van der Waals surface area contributed by atoms with Gasteiger partial charge in [-0.3, -0.25) is 4.99 Å². The third-order valence-electron chi connectivity index (χ3n) is 5.22. The molecule has 0 saturated carbocycles. The topological polar surface area (TPSA) is 43.3 Å². The molecule has 1 aliphatic rings. The van der Waals surface area contributed by atoms with Crippen LogP contribution in [0.15, 0.2) is 70.1 Å². The Morgan fingerprint density at radius 2 is 1.76 bits per heavy atom. The predicted molar refractivity (Wildman–Crippen MR) is 146 cm³/mol. The quantitative estimate of drug-likeness (QED) is 0.210. The van der Waals surface area contributed by atoms with Gasteiger partial charge in [0.25, 0.3) is 0 Å². The van der Waals surface area contributed by atoms with E-state index in [-0.39, 0.29) is 0 Å². The maximum Gasteiger partial charge on any atom is 0.175 e.